The van der Waals surface area contributed by atoms with Gasteiger partial charge < -0.3 is 19.8 Å². The molecule has 5 heterocycles. The first-order chi connectivity index (χ1) is 21.9. The van der Waals surface area contributed by atoms with Crippen LogP contribution in [0.3, 0.4) is 0 Å². The van der Waals surface area contributed by atoms with Crippen LogP contribution in [0.4, 0.5) is 21.5 Å². The predicted molar refractivity (Wildman–Crippen MR) is 168 cm³/mol. The van der Waals surface area contributed by atoms with E-state index in [0.717, 1.165) is 39.1 Å². The molecule has 2 N–H and O–H groups in total. The molecule has 2 aromatic carbocycles. The quantitative estimate of drug-likeness (QED) is 0.171. The number of nitriles is 1. The molecule has 1 unspecified atom stereocenters. The summed E-state index contributed by atoms with van der Waals surface area (Å²) < 4.78 is 27.6. The van der Waals surface area contributed by atoms with Crippen LogP contribution in [-0.2, 0) is 4.74 Å². The maximum Gasteiger partial charge on any atom is 0.180 e. The van der Waals surface area contributed by atoms with Gasteiger partial charge in [-0.1, -0.05) is 40.0 Å². The second-order valence-electron chi connectivity index (χ2n) is 10.9. The van der Waals surface area contributed by atoms with Crippen molar-refractivity contribution in [3.63, 3.8) is 0 Å². The minimum absolute atomic E-state index is 0.0341. The number of nitrogens with zero attached hydrogens (tertiary/aromatic N) is 7. The molecule has 7 rings (SSSR count). The van der Waals surface area contributed by atoms with Gasteiger partial charge in [0.1, 0.15) is 29.8 Å². The molecule has 2 aliphatic heterocycles. The minimum atomic E-state index is -0.754. The van der Waals surface area contributed by atoms with Crippen molar-refractivity contribution >= 4 is 62.8 Å². The lowest BCUT2D eigenvalue weighted by Crippen LogP contribution is -2.51. The first-order valence-corrected chi connectivity index (χ1v) is 15.3. The minimum Gasteiger partial charge on any atom is -0.451 e. The Morgan fingerprint density at radius 2 is 1.87 bits per heavy atom. The number of nitrogens with one attached hydrogen (secondary N) is 2. The largest absolute Gasteiger partial charge is 0.451 e. The number of halogens is 4. The lowest BCUT2D eigenvalue weighted by Gasteiger charge is -2.41. The maximum absolute atomic E-state index is 15.0. The molecule has 0 spiro atoms. The average Bonchev–Trinajstić information content (AvgIpc) is 3.73. The molecule has 0 saturated carbocycles. The molecule has 0 amide bonds. The Labute approximate surface area is 271 Å². The van der Waals surface area contributed by atoms with Crippen LogP contribution >= 0.6 is 34.8 Å². The van der Waals surface area contributed by atoms with E-state index < -0.39 is 11.9 Å². The molecule has 2 saturated heterocycles. The highest BCUT2D eigenvalue weighted by Gasteiger charge is 2.31. The maximum atomic E-state index is 15.0. The number of rotatable bonds is 8. The Hall–Kier alpha value is -3.99. The van der Waals surface area contributed by atoms with Crippen molar-refractivity contribution in [3.8, 4) is 6.07 Å². The number of hydrogen-bond donors (Lipinski definition) is 2. The standard InChI is InChI=1S/C30H25Cl3FN9O2/c31-21-1-2-23(27(34)26(21)33)39-28-16(9-35)10-36-29-20(28)7-17(8-22(29)32)38-30(25-14-45-15-37-25)24-11-43(41-40-24)18-3-5-42(6-4-18)19-12-44-13-19/h1-2,7-8,10-11,14-15,18-19,30,38H,3-6,12-13H2,(H,36,39). The first kappa shape index (κ1) is 29.7. The van der Waals surface area contributed by atoms with E-state index in [-0.39, 0.29) is 27.3 Å². The number of oxazole rings is 1. The second kappa shape index (κ2) is 12.4. The van der Waals surface area contributed by atoms with Gasteiger partial charge in [0.25, 0.3) is 0 Å². The molecule has 3 aromatic heterocycles. The van der Waals surface area contributed by atoms with Gasteiger partial charge in [-0.3, -0.25) is 9.88 Å². The molecule has 0 aliphatic carbocycles. The van der Waals surface area contributed by atoms with Crippen LogP contribution in [0.25, 0.3) is 10.9 Å². The van der Waals surface area contributed by atoms with Crippen molar-refractivity contribution in [2.45, 2.75) is 31.0 Å². The van der Waals surface area contributed by atoms with Gasteiger partial charge in [0.15, 0.2) is 12.2 Å². The topological polar surface area (TPSA) is 130 Å². The number of aromatic nitrogens is 5. The molecule has 0 bridgehead atoms. The van der Waals surface area contributed by atoms with E-state index in [9.17, 15) is 5.26 Å². The highest BCUT2D eigenvalue weighted by Crippen LogP contribution is 2.38. The Balaban J connectivity index is 1.21. The number of piperidine rings is 1. The van der Waals surface area contributed by atoms with Crippen molar-refractivity contribution in [3.05, 3.63) is 87.2 Å². The Morgan fingerprint density at radius 1 is 1.04 bits per heavy atom. The average molecular weight is 669 g/mol. The number of likely N-dealkylation sites (tertiary alicyclic amines) is 1. The van der Waals surface area contributed by atoms with Crippen molar-refractivity contribution in [1.82, 2.24) is 29.9 Å². The third kappa shape index (κ3) is 5.78. The van der Waals surface area contributed by atoms with Crippen molar-refractivity contribution in [2.24, 2.45) is 0 Å². The van der Waals surface area contributed by atoms with E-state index in [2.05, 4.69) is 41.9 Å². The van der Waals surface area contributed by atoms with Gasteiger partial charge in [-0.05, 0) is 37.1 Å². The number of hydrogen-bond acceptors (Lipinski definition) is 10. The van der Waals surface area contributed by atoms with E-state index in [1.54, 1.807) is 12.1 Å². The third-order valence-corrected chi connectivity index (χ3v) is 9.30. The van der Waals surface area contributed by atoms with Crippen LogP contribution in [0.15, 0.2) is 53.7 Å². The van der Waals surface area contributed by atoms with Gasteiger partial charge in [-0.25, -0.2) is 14.1 Å². The zero-order chi connectivity index (χ0) is 31.1. The van der Waals surface area contributed by atoms with Crippen molar-refractivity contribution < 1.29 is 13.5 Å². The molecule has 2 fully saturated rings. The van der Waals surface area contributed by atoms with Crippen molar-refractivity contribution in [2.75, 3.05) is 36.9 Å². The first-order valence-electron chi connectivity index (χ1n) is 14.2. The number of fused-ring (bicyclic) bond motifs is 1. The molecule has 11 nitrogen and oxygen atoms in total. The summed E-state index contributed by atoms with van der Waals surface area (Å²) >= 11 is 18.7. The zero-order valence-corrected chi connectivity index (χ0v) is 25.8. The summed E-state index contributed by atoms with van der Waals surface area (Å²) in [5, 5.41) is 25.9. The normalized spacial score (nSPS) is 16.8. The lowest BCUT2D eigenvalue weighted by molar-refractivity contribution is -0.0734. The molecular formula is C30H25Cl3FN9O2. The number of anilines is 3. The molecule has 2 aliphatic rings. The summed E-state index contributed by atoms with van der Waals surface area (Å²) in [5.41, 5.74) is 2.70. The fraction of sp³-hybridized carbons (Fsp3) is 0.300. The fourth-order valence-corrected chi connectivity index (χ4v) is 6.28. The van der Waals surface area contributed by atoms with Gasteiger partial charge in [-0.2, -0.15) is 5.26 Å². The van der Waals surface area contributed by atoms with Crippen LogP contribution in [-0.4, -0.2) is 62.2 Å². The summed E-state index contributed by atoms with van der Waals surface area (Å²) in [4.78, 5) is 11.2. The molecule has 0 radical (unpaired) electrons. The SMILES string of the molecule is N#Cc1cnc2c(Cl)cc(NC(c3cocn3)c3cn(C4CCN(C5COC5)CC4)nn3)cc2c1Nc1ccc(Cl)c(Cl)c1F. The van der Waals surface area contributed by atoms with E-state index in [1.165, 1.54) is 31.0 Å². The number of pyridine rings is 1. The van der Waals surface area contributed by atoms with Gasteiger partial charge in [-0.15, -0.1) is 5.10 Å². The molecular weight excluding hydrogens is 644 g/mol. The van der Waals surface area contributed by atoms with Crippen LogP contribution in [0.5, 0.6) is 0 Å². The number of ether oxygens (including phenoxy) is 1. The van der Waals surface area contributed by atoms with Gasteiger partial charge >= 0.3 is 0 Å². The fourth-order valence-electron chi connectivity index (χ4n) is 5.70. The molecule has 15 heteroatoms. The van der Waals surface area contributed by atoms with Crippen LogP contribution in [0.1, 0.15) is 41.9 Å². The summed E-state index contributed by atoms with van der Waals surface area (Å²) in [6, 6.07) is 8.69. The lowest BCUT2D eigenvalue weighted by atomic mass is 10.0. The highest BCUT2D eigenvalue weighted by atomic mass is 35.5. The van der Waals surface area contributed by atoms with Gasteiger partial charge in [0, 0.05) is 30.4 Å². The second-order valence-corrected chi connectivity index (χ2v) is 12.1. The van der Waals surface area contributed by atoms with Crippen LogP contribution in [0, 0.1) is 17.1 Å². The van der Waals surface area contributed by atoms with Crippen molar-refractivity contribution in [1.29, 1.82) is 5.26 Å². The molecule has 1 atom stereocenters. The van der Waals surface area contributed by atoms with E-state index in [0.29, 0.717) is 44.7 Å². The Kier molecular flexibility index (Phi) is 8.20. The summed E-state index contributed by atoms with van der Waals surface area (Å²) in [6.45, 7) is 3.57. The predicted octanol–water partition coefficient (Wildman–Crippen LogP) is 6.77. The zero-order valence-electron chi connectivity index (χ0n) is 23.6. The van der Waals surface area contributed by atoms with Gasteiger partial charge in [0.2, 0.25) is 0 Å². The number of benzene rings is 2. The van der Waals surface area contributed by atoms with Crippen LogP contribution < -0.4 is 10.6 Å². The smallest absolute Gasteiger partial charge is 0.180 e. The van der Waals surface area contributed by atoms with E-state index in [1.807, 2.05) is 10.9 Å². The highest BCUT2D eigenvalue weighted by molar-refractivity contribution is 6.42. The van der Waals surface area contributed by atoms with E-state index in [4.69, 9.17) is 44.0 Å². The monoisotopic (exact) mass is 667 g/mol. The Morgan fingerprint density at radius 3 is 2.58 bits per heavy atom. The molecule has 45 heavy (non-hydrogen) atoms. The Bertz CT molecular complexity index is 1900. The summed E-state index contributed by atoms with van der Waals surface area (Å²) in [6.07, 6.45) is 8.11. The third-order valence-electron chi connectivity index (χ3n) is 8.23. The van der Waals surface area contributed by atoms with E-state index >= 15 is 4.39 Å². The molecule has 230 valence electrons. The van der Waals surface area contributed by atoms with Crippen LogP contribution in [0.2, 0.25) is 15.1 Å². The molecule has 5 aromatic rings. The summed E-state index contributed by atoms with van der Waals surface area (Å²) in [7, 11) is 0. The summed E-state index contributed by atoms with van der Waals surface area (Å²) in [5.74, 6) is -0.754. The van der Waals surface area contributed by atoms with Gasteiger partial charge in [0.05, 0.1) is 69.0 Å².